The van der Waals surface area contributed by atoms with Gasteiger partial charge >= 0.3 is 6.09 Å². The number of carbonyl (C=O) groups is 2. The minimum absolute atomic E-state index is 0.523. The summed E-state index contributed by atoms with van der Waals surface area (Å²) in [4.78, 5) is 23.7. The highest BCUT2D eigenvalue weighted by molar-refractivity contribution is 5.96. The first kappa shape index (κ1) is 17.8. The molecule has 0 aliphatic rings. The lowest BCUT2D eigenvalue weighted by Crippen LogP contribution is -2.47. The van der Waals surface area contributed by atoms with Crippen LogP contribution in [0.15, 0.2) is 24.3 Å². The van der Waals surface area contributed by atoms with Crippen molar-refractivity contribution in [2.75, 3.05) is 19.0 Å². The first-order valence-corrected chi connectivity index (χ1v) is 6.80. The minimum atomic E-state index is -1.10. The van der Waals surface area contributed by atoms with E-state index in [1.807, 2.05) is 0 Å². The normalized spacial score (nSPS) is 12.2. The number of hydrogen-bond acceptors (Lipinski definition) is 5. The molecule has 0 saturated heterocycles. The van der Waals surface area contributed by atoms with Crippen LogP contribution in [0.2, 0.25) is 0 Å². The van der Waals surface area contributed by atoms with E-state index in [-0.39, 0.29) is 0 Å². The highest BCUT2D eigenvalue weighted by Gasteiger charge is 2.23. The van der Waals surface area contributed by atoms with Crippen molar-refractivity contribution in [2.45, 2.75) is 32.4 Å². The van der Waals surface area contributed by atoms with E-state index in [4.69, 9.17) is 9.47 Å². The zero-order valence-electron chi connectivity index (χ0n) is 13.2. The molecule has 1 aromatic rings. The van der Waals surface area contributed by atoms with Crippen LogP contribution >= 0.6 is 0 Å². The summed E-state index contributed by atoms with van der Waals surface area (Å²) < 4.78 is 10.1. The lowest BCUT2D eigenvalue weighted by atomic mass is 10.2. The van der Waals surface area contributed by atoms with Gasteiger partial charge in [-0.3, -0.25) is 4.79 Å². The number of anilines is 1. The Morgan fingerprint density at radius 1 is 1.23 bits per heavy atom. The Bertz CT molecular complexity index is 508. The third-order valence-corrected chi connectivity index (χ3v) is 2.55. The van der Waals surface area contributed by atoms with Gasteiger partial charge in [0, 0.05) is 5.69 Å². The molecule has 0 spiro atoms. The van der Waals surface area contributed by atoms with Crippen LogP contribution in [-0.4, -0.2) is 42.5 Å². The van der Waals surface area contributed by atoms with E-state index in [0.29, 0.717) is 11.4 Å². The number of alkyl carbamates (subject to hydrolysis) is 1. The Hall–Kier alpha value is -2.28. The Morgan fingerprint density at radius 3 is 2.27 bits per heavy atom. The Labute approximate surface area is 129 Å². The van der Waals surface area contributed by atoms with Gasteiger partial charge < -0.3 is 25.2 Å². The predicted octanol–water partition coefficient (Wildman–Crippen LogP) is 1.52. The number of nitrogens with one attached hydrogen (secondary N) is 2. The van der Waals surface area contributed by atoms with E-state index < -0.39 is 30.3 Å². The number of carbonyl (C=O) groups excluding carboxylic acids is 2. The van der Waals surface area contributed by atoms with Crippen molar-refractivity contribution in [2.24, 2.45) is 0 Å². The zero-order valence-corrected chi connectivity index (χ0v) is 13.2. The monoisotopic (exact) mass is 310 g/mol. The molecule has 0 aliphatic carbocycles. The number of methoxy groups -OCH3 is 1. The van der Waals surface area contributed by atoms with Gasteiger partial charge in [-0.1, -0.05) is 0 Å². The number of amides is 2. The number of ether oxygens (including phenoxy) is 2. The SMILES string of the molecule is COc1ccc(NC(=O)C(CO)NC(=O)OC(C)(C)C)cc1. The number of hydrogen-bond donors (Lipinski definition) is 3. The molecule has 1 aromatic carbocycles. The molecule has 0 heterocycles. The Balaban J connectivity index is 2.61. The van der Waals surface area contributed by atoms with Gasteiger partial charge in [0.1, 0.15) is 17.4 Å². The standard InChI is InChI=1S/C15H22N2O5/c1-15(2,3)22-14(20)17-12(9-18)13(19)16-10-5-7-11(21-4)8-6-10/h5-8,12,18H,9H2,1-4H3,(H,16,19)(H,17,20). The Kier molecular flexibility index (Phi) is 6.18. The summed E-state index contributed by atoms with van der Waals surface area (Å²) in [7, 11) is 1.54. The van der Waals surface area contributed by atoms with E-state index >= 15 is 0 Å². The van der Waals surface area contributed by atoms with Crippen molar-refractivity contribution >= 4 is 17.7 Å². The topological polar surface area (TPSA) is 96.9 Å². The summed E-state index contributed by atoms with van der Waals surface area (Å²) in [6.45, 7) is 4.58. The van der Waals surface area contributed by atoms with Crippen molar-refractivity contribution in [1.82, 2.24) is 5.32 Å². The fourth-order valence-electron chi connectivity index (χ4n) is 1.55. The van der Waals surface area contributed by atoms with Crippen LogP contribution in [0, 0.1) is 0 Å². The maximum absolute atomic E-state index is 12.0. The molecular weight excluding hydrogens is 288 g/mol. The summed E-state index contributed by atoms with van der Waals surface area (Å²) in [5.41, 5.74) is -0.161. The number of rotatable bonds is 5. The van der Waals surface area contributed by atoms with Crippen LogP contribution in [0.4, 0.5) is 10.5 Å². The molecule has 1 rings (SSSR count). The number of benzene rings is 1. The van der Waals surface area contributed by atoms with Gasteiger partial charge in [-0.15, -0.1) is 0 Å². The quantitative estimate of drug-likeness (QED) is 0.766. The molecule has 0 aliphatic heterocycles. The van der Waals surface area contributed by atoms with Crippen molar-refractivity contribution in [1.29, 1.82) is 0 Å². The van der Waals surface area contributed by atoms with Crippen molar-refractivity contribution in [3.05, 3.63) is 24.3 Å². The maximum Gasteiger partial charge on any atom is 0.408 e. The average molecular weight is 310 g/mol. The third kappa shape index (κ3) is 6.01. The van der Waals surface area contributed by atoms with Gasteiger partial charge in [-0.2, -0.15) is 0 Å². The van der Waals surface area contributed by atoms with Crippen LogP contribution in [0.25, 0.3) is 0 Å². The molecule has 0 fully saturated rings. The second-order valence-electron chi connectivity index (χ2n) is 5.60. The second-order valence-corrected chi connectivity index (χ2v) is 5.60. The second kappa shape index (κ2) is 7.65. The molecule has 0 saturated carbocycles. The van der Waals surface area contributed by atoms with Gasteiger partial charge in [-0.05, 0) is 45.0 Å². The van der Waals surface area contributed by atoms with Crippen LogP contribution < -0.4 is 15.4 Å². The van der Waals surface area contributed by atoms with Gasteiger partial charge in [0.15, 0.2) is 0 Å². The molecule has 1 unspecified atom stereocenters. The summed E-state index contributed by atoms with van der Waals surface area (Å²) in [6, 6.07) is 5.57. The highest BCUT2D eigenvalue weighted by atomic mass is 16.6. The zero-order chi connectivity index (χ0) is 16.8. The molecule has 22 heavy (non-hydrogen) atoms. The van der Waals surface area contributed by atoms with E-state index in [9.17, 15) is 14.7 Å². The predicted molar refractivity (Wildman–Crippen MR) is 81.9 cm³/mol. The van der Waals surface area contributed by atoms with E-state index in [2.05, 4.69) is 10.6 Å². The van der Waals surface area contributed by atoms with Gasteiger partial charge in [0.05, 0.1) is 13.7 Å². The number of aliphatic hydroxyl groups excluding tert-OH is 1. The van der Waals surface area contributed by atoms with Crippen molar-refractivity contribution in [3.8, 4) is 5.75 Å². The van der Waals surface area contributed by atoms with Crippen molar-refractivity contribution in [3.63, 3.8) is 0 Å². The minimum Gasteiger partial charge on any atom is -0.497 e. The highest BCUT2D eigenvalue weighted by Crippen LogP contribution is 2.15. The largest absolute Gasteiger partial charge is 0.497 e. The molecule has 0 bridgehead atoms. The lowest BCUT2D eigenvalue weighted by molar-refractivity contribution is -0.119. The fourth-order valence-corrected chi connectivity index (χ4v) is 1.55. The first-order valence-electron chi connectivity index (χ1n) is 6.80. The smallest absolute Gasteiger partial charge is 0.408 e. The molecule has 0 radical (unpaired) electrons. The van der Waals surface area contributed by atoms with Crippen LogP contribution in [0.5, 0.6) is 5.75 Å². The lowest BCUT2D eigenvalue weighted by Gasteiger charge is -2.22. The number of aliphatic hydroxyl groups is 1. The molecule has 3 N–H and O–H groups in total. The van der Waals surface area contributed by atoms with Gasteiger partial charge in [0.25, 0.3) is 0 Å². The van der Waals surface area contributed by atoms with E-state index in [1.165, 1.54) is 0 Å². The van der Waals surface area contributed by atoms with E-state index in [0.717, 1.165) is 0 Å². The van der Waals surface area contributed by atoms with Crippen LogP contribution in [0.1, 0.15) is 20.8 Å². The fraction of sp³-hybridized carbons (Fsp3) is 0.467. The summed E-state index contributed by atoms with van der Waals surface area (Å²) in [5.74, 6) is 0.113. The van der Waals surface area contributed by atoms with Crippen molar-refractivity contribution < 1.29 is 24.2 Å². The van der Waals surface area contributed by atoms with Gasteiger partial charge in [0.2, 0.25) is 5.91 Å². The third-order valence-electron chi connectivity index (χ3n) is 2.55. The molecular formula is C15H22N2O5. The molecule has 122 valence electrons. The first-order chi connectivity index (χ1) is 10.2. The Morgan fingerprint density at radius 2 is 1.82 bits per heavy atom. The molecule has 1 atom stereocenters. The summed E-state index contributed by atoms with van der Waals surface area (Å²) in [6.07, 6.45) is -0.767. The average Bonchev–Trinajstić information content (AvgIpc) is 2.43. The molecule has 7 heteroatoms. The van der Waals surface area contributed by atoms with Crippen LogP contribution in [-0.2, 0) is 9.53 Å². The molecule has 2 amide bonds. The molecule has 7 nitrogen and oxygen atoms in total. The van der Waals surface area contributed by atoms with Crippen LogP contribution in [0.3, 0.4) is 0 Å². The van der Waals surface area contributed by atoms with Gasteiger partial charge in [-0.25, -0.2) is 4.79 Å². The molecule has 0 aromatic heterocycles. The van der Waals surface area contributed by atoms with E-state index in [1.54, 1.807) is 52.1 Å². The summed E-state index contributed by atoms with van der Waals surface area (Å²) in [5, 5.41) is 14.2. The summed E-state index contributed by atoms with van der Waals surface area (Å²) >= 11 is 0. The maximum atomic E-state index is 12.0.